The molecular formula is C19H22N2O3. The molecule has 0 bridgehead atoms. The van der Waals surface area contributed by atoms with Crippen LogP contribution in [0.4, 0.5) is 0 Å². The van der Waals surface area contributed by atoms with E-state index in [1.165, 1.54) is 0 Å². The maximum Gasteiger partial charge on any atom is 0.258 e. The van der Waals surface area contributed by atoms with Crippen molar-refractivity contribution in [2.24, 2.45) is 5.73 Å². The Balaban J connectivity index is 1.90. The van der Waals surface area contributed by atoms with Gasteiger partial charge in [0.2, 0.25) is 5.91 Å². The number of primary amides is 1. The highest BCUT2D eigenvalue weighted by Crippen LogP contribution is 2.18. The predicted molar refractivity (Wildman–Crippen MR) is 92.7 cm³/mol. The van der Waals surface area contributed by atoms with Crippen molar-refractivity contribution in [2.75, 3.05) is 6.61 Å². The molecule has 0 aliphatic rings. The Morgan fingerprint density at radius 3 is 2.33 bits per heavy atom. The number of carbonyl (C=O) groups excluding carboxylic acids is 2. The van der Waals surface area contributed by atoms with Crippen LogP contribution >= 0.6 is 0 Å². The van der Waals surface area contributed by atoms with E-state index in [2.05, 4.69) is 12.2 Å². The van der Waals surface area contributed by atoms with Crippen LogP contribution in [0.5, 0.6) is 5.75 Å². The van der Waals surface area contributed by atoms with Crippen molar-refractivity contribution in [2.45, 2.75) is 25.8 Å². The average Bonchev–Trinajstić information content (AvgIpc) is 2.60. The van der Waals surface area contributed by atoms with Gasteiger partial charge < -0.3 is 15.8 Å². The van der Waals surface area contributed by atoms with Gasteiger partial charge in [0.1, 0.15) is 5.75 Å². The molecule has 24 heavy (non-hydrogen) atoms. The van der Waals surface area contributed by atoms with Crippen LogP contribution in [0.25, 0.3) is 0 Å². The van der Waals surface area contributed by atoms with Gasteiger partial charge in [0.25, 0.3) is 5.91 Å². The molecule has 5 nitrogen and oxygen atoms in total. The van der Waals surface area contributed by atoms with Gasteiger partial charge in [0, 0.05) is 5.56 Å². The molecule has 5 heteroatoms. The molecule has 0 aliphatic carbocycles. The van der Waals surface area contributed by atoms with Crippen LogP contribution in [-0.4, -0.2) is 18.4 Å². The lowest BCUT2D eigenvalue weighted by molar-refractivity contribution is -0.123. The molecule has 0 aliphatic heterocycles. The third-order valence-corrected chi connectivity index (χ3v) is 3.62. The van der Waals surface area contributed by atoms with Crippen LogP contribution in [0.15, 0.2) is 54.6 Å². The Kier molecular flexibility index (Phi) is 6.37. The van der Waals surface area contributed by atoms with Crippen molar-refractivity contribution in [3.8, 4) is 5.75 Å². The van der Waals surface area contributed by atoms with Gasteiger partial charge in [-0.3, -0.25) is 9.59 Å². The minimum atomic E-state index is -0.496. The van der Waals surface area contributed by atoms with Gasteiger partial charge in [-0.2, -0.15) is 0 Å². The van der Waals surface area contributed by atoms with Crippen LogP contribution < -0.4 is 15.8 Å². The number of rotatable bonds is 8. The Hall–Kier alpha value is -2.82. The van der Waals surface area contributed by atoms with Crippen molar-refractivity contribution >= 4 is 11.8 Å². The minimum Gasteiger partial charge on any atom is -0.484 e. The van der Waals surface area contributed by atoms with Crippen molar-refractivity contribution in [3.63, 3.8) is 0 Å². The van der Waals surface area contributed by atoms with Gasteiger partial charge in [-0.15, -0.1) is 0 Å². The topological polar surface area (TPSA) is 81.4 Å². The van der Waals surface area contributed by atoms with Crippen LogP contribution in [-0.2, 0) is 4.79 Å². The molecule has 2 rings (SSSR count). The average molecular weight is 326 g/mol. The van der Waals surface area contributed by atoms with Crippen LogP contribution in [0.3, 0.4) is 0 Å². The van der Waals surface area contributed by atoms with Crippen molar-refractivity contribution in [1.29, 1.82) is 0 Å². The summed E-state index contributed by atoms with van der Waals surface area (Å²) in [4.78, 5) is 23.2. The maximum atomic E-state index is 12.1. The predicted octanol–water partition coefficient (Wildman–Crippen LogP) is 2.82. The highest BCUT2D eigenvalue weighted by atomic mass is 16.5. The quantitative estimate of drug-likeness (QED) is 0.782. The molecule has 1 atom stereocenters. The number of hydrogen-bond acceptors (Lipinski definition) is 3. The Morgan fingerprint density at radius 1 is 1.08 bits per heavy atom. The third kappa shape index (κ3) is 5.12. The van der Waals surface area contributed by atoms with Gasteiger partial charge in [0.15, 0.2) is 6.61 Å². The van der Waals surface area contributed by atoms with E-state index in [9.17, 15) is 9.59 Å². The smallest absolute Gasteiger partial charge is 0.258 e. The molecule has 0 radical (unpaired) electrons. The van der Waals surface area contributed by atoms with Gasteiger partial charge in [-0.05, 0) is 36.2 Å². The summed E-state index contributed by atoms with van der Waals surface area (Å²) in [5.41, 5.74) is 6.66. The van der Waals surface area contributed by atoms with E-state index in [-0.39, 0.29) is 18.6 Å². The fraction of sp³-hybridized carbons (Fsp3) is 0.263. The fourth-order valence-corrected chi connectivity index (χ4v) is 2.40. The first-order valence-corrected chi connectivity index (χ1v) is 7.97. The zero-order chi connectivity index (χ0) is 17.4. The van der Waals surface area contributed by atoms with E-state index >= 15 is 0 Å². The summed E-state index contributed by atoms with van der Waals surface area (Å²) in [6, 6.07) is 16.2. The molecule has 0 saturated carbocycles. The summed E-state index contributed by atoms with van der Waals surface area (Å²) in [5, 5.41) is 3.00. The minimum absolute atomic E-state index is 0.0236. The second kappa shape index (κ2) is 8.72. The molecule has 2 aromatic carbocycles. The number of ether oxygens (including phenoxy) is 1. The van der Waals surface area contributed by atoms with Crippen LogP contribution in [0.2, 0.25) is 0 Å². The summed E-state index contributed by atoms with van der Waals surface area (Å²) < 4.78 is 5.45. The van der Waals surface area contributed by atoms with Gasteiger partial charge >= 0.3 is 0 Å². The molecule has 0 fully saturated rings. The molecule has 0 saturated heterocycles. The largest absolute Gasteiger partial charge is 0.484 e. The first kappa shape index (κ1) is 17.5. The highest BCUT2D eigenvalue weighted by molar-refractivity contribution is 5.92. The molecule has 126 valence electrons. The third-order valence-electron chi connectivity index (χ3n) is 3.62. The summed E-state index contributed by atoms with van der Waals surface area (Å²) in [5.74, 6) is -0.164. The number of nitrogens with one attached hydrogen (secondary N) is 1. The van der Waals surface area contributed by atoms with E-state index in [1.807, 2.05) is 30.3 Å². The highest BCUT2D eigenvalue weighted by Gasteiger charge is 2.14. The number of amides is 2. The SMILES string of the molecule is CCC[C@@H](NC(=O)COc1ccc(C(N)=O)cc1)c1ccccc1. The number of benzene rings is 2. The normalized spacial score (nSPS) is 11.5. The zero-order valence-electron chi connectivity index (χ0n) is 13.7. The monoisotopic (exact) mass is 326 g/mol. The second-order valence-corrected chi connectivity index (χ2v) is 5.50. The molecule has 0 spiro atoms. The fourth-order valence-electron chi connectivity index (χ4n) is 2.40. The van der Waals surface area contributed by atoms with Crippen LogP contribution in [0, 0.1) is 0 Å². The van der Waals surface area contributed by atoms with E-state index in [0.29, 0.717) is 11.3 Å². The summed E-state index contributed by atoms with van der Waals surface area (Å²) in [7, 11) is 0. The van der Waals surface area contributed by atoms with Crippen molar-refractivity contribution < 1.29 is 14.3 Å². The standard InChI is InChI=1S/C19H22N2O3/c1-2-6-17(14-7-4-3-5-8-14)21-18(22)13-24-16-11-9-15(10-12-16)19(20)23/h3-5,7-12,17H,2,6,13H2,1H3,(H2,20,23)(H,21,22)/t17-/m1/s1. The molecule has 0 heterocycles. The summed E-state index contributed by atoms with van der Waals surface area (Å²) >= 11 is 0. The van der Waals surface area contributed by atoms with Gasteiger partial charge in [0.05, 0.1) is 6.04 Å². The van der Waals surface area contributed by atoms with E-state index < -0.39 is 5.91 Å². The first-order chi connectivity index (χ1) is 11.6. The summed E-state index contributed by atoms with van der Waals surface area (Å²) in [6.07, 6.45) is 1.83. The number of nitrogens with two attached hydrogens (primary N) is 1. The van der Waals surface area contributed by atoms with Gasteiger partial charge in [-0.1, -0.05) is 43.7 Å². The number of carbonyl (C=O) groups is 2. The van der Waals surface area contributed by atoms with E-state index in [0.717, 1.165) is 18.4 Å². The van der Waals surface area contributed by atoms with Crippen molar-refractivity contribution in [3.05, 3.63) is 65.7 Å². The Labute approximate surface area is 141 Å². The van der Waals surface area contributed by atoms with E-state index in [4.69, 9.17) is 10.5 Å². The summed E-state index contributed by atoms with van der Waals surface area (Å²) in [6.45, 7) is 2.00. The Bertz CT molecular complexity index is 669. The molecule has 3 N–H and O–H groups in total. The lowest BCUT2D eigenvalue weighted by Crippen LogP contribution is -2.32. The molecule has 0 unspecified atom stereocenters. The lowest BCUT2D eigenvalue weighted by Gasteiger charge is -2.18. The van der Waals surface area contributed by atoms with Gasteiger partial charge in [-0.25, -0.2) is 0 Å². The molecule has 2 aromatic rings. The Morgan fingerprint density at radius 2 is 1.75 bits per heavy atom. The van der Waals surface area contributed by atoms with E-state index in [1.54, 1.807) is 24.3 Å². The molecule has 0 aromatic heterocycles. The second-order valence-electron chi connectivity index (χ2n) is 5.50. The molecular weight excluding hydrogens is 304 g/mol. The zero-order valence-corrected chi connectivity index (χ0v) is 13.7. The maximum absolute atomic E-state index is 12.1. The molecule has 2 amide bonds. The van der Waals surface area contributed by atoms with Crippen molar-refractivity contribution in [1.82, 2.24) is 5.32 Å². The first-order valence-electron chi connectivity index (χ1n) is 7.97. The van der Waals surface area contributed by atoms with Crippen LogP contribution in [0.1, 0.15) is 41.7 Å². The number of hydrogen-bond donors (Lipinski definition) is 2. The lowest BCUT2D eigenvalue weighted by atomic mass is 10.0.